The molecule has 0 bridgehead atoms. The van der Waals surface area contributed by atoms with Gasteiger partial charge >= 0.3 is 6.03 Å². The second kappa shape index (κ2) is 9.11. The zero-order chi connectivity index (χ0) is 16.7. The molecule has 2 heterocycles. The summed E-state index contributed by atoms with van der Waals surface area (Å²) in [7, 11) is 0. The van der Waals surface area contributed by atoms with Crippen LogP contribution in [-0.4, -0.2) is 67.2 Å². The van der Waals surface area contributed by atoms with Crippen LogP contribution < -0.4 is 5.32 Å². The lowest BCUT2D eigenvalue weighted by Gasteiger charge is -2.33. The van der Waals surface area contributed by atoms with E-state index in [4.69, 9.17) is 4.74 Å². The zero-order valence-electron chi connectivity index (χ0n) is 14.6. The first-order valence-electron chi connectivity index (χ1n) is 9.01. The van der Waals surface area contributed by atoms with E-state index in [2.05, 4.69) is 5.32 Å². The first-order chi connectivity index (χ1) is 11.1. The Kier molecular flexibility index (Phi) is 7.15. The maximum Gasteiger partial charge on any atom is 0.317 e. The molecule has 0 aliphatic carbocycles. The molecule has 0 atom stereocenters. The number of piperidine rings is 1. The predicted octanol–water partition coefficient (Wildman–Crippen LogP) is 1.85. The number of nitrogens with zero attached hydrogens (tertiary/aromatic N) is 2. The maximum absolute atomic E-state index is 12.4. The normalized spacial score (nSPS) is 19.4. The molecule has 0 aromatic carbocycles. The molecule has 6 heteroatoms. The van der Waals surface area contributed by atoms with Gasteiger partial charge in [0.2, 0.25) is 5.91 Å². The highest BCUT2D eigenvalue weighted by molar-refractivity contribution is 5.80. The van der Waals surface area contributed by atoms with Crippen LogP contribution >= 0.6 is 0 Å². The van der Waals surface area contributed by atoms with Gasteiger partial charge in [0.25, 0.3) is 0 Å². The second-order valence-electron chi connectivity index (χ2n) is 6.80. The van der Waals surface area contributed by atoms with Crippen LogP contribution in [0.1, 0.15) is 46.0 Å². The quantitative estimate of drug-likeness (QED) is 0.758. The summed E-state index contributed by atoms with van der Waals surface area (Å²) >= 11 is 0. The zero-order valence-corrected chi connectivity index (χ0v) is 14.6. The van der Waals surface area contributed by atoms with Crippen molar-refractivity contribution in [2.75, 3.05) is 39.3 Å². The maximum atomic E-state index is 12.4. The largest absolute Gasteiger partial charge is 0.379 e. The van der Waals surface area contributed by atoms with Crippen LogP contribution in [0.25, 0.3) is 0 Å². The van der Waals surface area contributed by atoms with E-state index in [-0.39, 0.29) is 18.1 Å². The Labute approximate surface area is 139 Å². The minimum atomic E-state index is -0.0124. The van der Waals surface area contributed by atoms with E-state index in [1.165, 1.54) is 0 Å². The molecular weight excluding hydrogens is 294 g/mol. The summed E-state index contributed by atoms with van der Waals surface area (Å²) in [6, 6.07) is -0.0124. The summed E-state index contributed by atoms with van der Waals surface area (Å²) in [6.45, 7) is 8.51. The van der Waals surface area contributed by atoms with Crippen molar-refractivity contribution in [2.45, 2.75) is 52.1 Å². The van der Waals surface area contributed by atoms with E-state index in [1.807, 2.05) is 23.6 Å². The molecule has 2 fully saturated rings. The fourth-order valence-corrected chi connectivity index (χ4v) is 3.22. The Hall–Kier alpha value is -1.30. The molecule has 23 heavy (non-hydrogen) atoms. The van der Waals surface area contributed by atoms with Crippen molar-refractivity contribution in [2.24, 2.45) is 5.92 Å². The van der Waals surface area contributed by atoms with Crippen molar-refractivity contribution in [1.29, 1.82) is 0 Å². The van der Waals surface area contributed by atoms with Crippen LogP contribution in [0.5, 0.6) is 0 Å². The Morgan fingerprint density at radius 1 is 1.09 bits per heavy atom. The topological polar surface area (TPSA) is 61.9 Å². The molecule has 0 unspecified atom stereocenters. The number of nitrogens with one attached hydrogen (secondary N) is 1. The number of hydrogen-bond donors (Lipinski definition) is 1. The Bertz CT molecular complexity index is 387. The average Bonchev–Trinajstić information content (AvgIpc) is 3.08. The third-order valence-corrected chi connectivity index (χ3v) is 4.60. The van der Waals surface area contributed by atoms with Crippen LogP contribution in [0.15, 0.2) is 0 Å². The summed E-state index contributed by atoms with van der Waals surface area (Å²) in [5.74, 6) is 0.407. The van der Waals surface area contributed by atoms with Gasteiger partial charge in [-0.2, -0.15) is 0 Å². The van der Waals surface area contributed by atoms with Gasteiger partial charge in [0.1, 0.15) is 0 Å². The van der Waals surface area contributed by atoms with Crippen LogP contribution in [0.3, 0.4) is 0 Å². The molecule has 0 aromatic rings. The smallest absolute Gasteiger partial charge is 0.317 e. The van der Waals surface area contributed by atoms with E-state index in [0.29, 0.717) is 32.1 Å². The lowest BCUT2D eigenvalue weighted by Crippen LogP contribution is -2.47. The summed E-state index contributed by atoms with van der Waals surface area (Å²) in [4.78, 5) is 28.3. The molecular formula is C17H31N3O3. The van der Waals surface area contributed by atoms with E-state index < -0.39 is 0 Å². The summed E-state index contributed by atoms with van der Waals surface area (Å²) in [5.41, 5.74) is 0. The second-order valence-corrected chi connectivity index (χ2v) is 6.80. The molecule has 0 radical (unpaired) electrons. The highest BCUT2D eigenvalue weighted by Gasteiger charge is 2.31. The molecule has 0 spiro atoms. The summed E-state index contributed by atoms with van der Waals surface area (Å²) in [6.07, 6.45) is 4.91. The van der Waals surface area contributed by atoms with Gasteiger partial charge in [-0.1, -0.05) is 0 Å². The van der Waals surface area contributed by atoms with Gasteiger partial charge in [0.15, 0.2) is 0 Å². The number of likely N-dealkylation sites (tertiary alicyclic amines) is 2. The molecule has 2 aliphatic rings. The van der Waals surface area contributed by atoms with Crippen molar-refractivity contribution in [1.82, 2.24) is 15.1 Å². The SMILES string of the molecule is CC(C)OCCCNC(=O)N1CCC(C(=O)N2CCCC2)CC1. The van der Waals surface area contributed by atoms with E-state index in [9.17, 15) is 9.59 Å². The molecule has 3 amide bonds. The molecule has 0 aromatic heterocycles. The summed E-state index contributed by atoms with van der Waals surface area (Å²) in [5, 5.41) is 2.94. The number of ether oxygens (including phenoxy) is 1. The molecule has 1 N–H and O–H groups in total. The summed E-state index contributed by atoms with van der Waals surface area (Å²) < 4.78 is 5.45. The van der Waals surface area contributed by atoms with Crippen molar-refractivity contribution >= 4 is 11.9 Å². The average molecular weight is 325 g/mol. The van der Waals surface area contributed by atoms with Crippen molar-refractivity contribution in [3.63, 3.8) is 0 Å². The van der Waals surface area contributed by atoms with E-state index >= 15 is 0 Å². The number of carbonyl (C=O) groups excluding carboxylic acids is 2. The first-order valence-corrected chi connectivity index (χ1v) is 9.01. The Morgan fingerprint density at radius 2 is 1.74 bits per heavy atom. The number of rotatable bonds is 6. The minimum Gasteiger partial charge on any atom is -0.379 e. The highest BCUT2D eigenvalue weighted by Crippen LogP contribution is 2.22. The standard InChI is InChI=1S/C17H31N3O3/c1-14(2)23-13-5-8-18-17(22)20-11-6-15(7-12-20)16(21)19-9-3-4-10-19/h14-15H,3-13H2,1-2H3,(H,18,22). The molecule has 2 aliphatic heterocycles. The van der Waals surface area contributed by atoms with Crippen LogP contribution in [0.4, 0.5) is 4.79 Å². The molecule has 6 nitrogen and oxygen atoms in total. The van der Waals surface area contributed by atoms with Crippen LogP contribution in [0, 0.1) is 5.92 Å². The number of amides is 3. The van der Waals surface area contributed by atoms with Gasteiger partial charge in [-0.15, -0.1) is 0 Å². The molecule has 2 saturated heterocycles. The fourth-order valence-electron chi connectivity index (χ4n) is 3.22. The van der Waals surface area contributed by atoms with Crippen molar-refractivity contribution in [3.05, 3.63) is 0 Å². The van der Waals surface area contributed by atoms with Gasteiger partial charge in [-0.3, -0.25) is 4.79 Å². The predicted molar refractivity (Wildman–Crippen MR) is 89.2 cm³/mol. The van der Waals surface area contributed by atoms with Crippen molar-refractivity contribution in [3.8, 4) is 0 Å². The Balaban J connectivity index is 1.61. The van der Waals surface area contributed by atoms with E-state index in [0.717, 1.165) is 45.2 Å². The number of urea groups is 1. The number of carbonyl (C=O) groups is 2. The van der Waals surface area contributed by atoms with Gasteiger partial charge in [-0.25, -0.2) is 4.79 Å². The van der Waals surface area contributed by atoms with Gasteiger partial charge in [0, 0.05) is 45.2 Å². The lowest BCUT2D eigenvalue weighted by molar-refractivity contribution is -0.135. The van der Waals surface area contributed by atoms with Gasteiger partial charge < -0.3 is 19.9 Å². The lowest BCUT2D eigenvalue weighted by atomic mass is 9.95. The molecule has 0 saturated carbocycles. The minimum absolute atomic E-state index is 0.0124. The highest BCUT2D eigenvalue weighted by atomic mass is 16.5. The molecule has 132 valence electrons. The van der Waals surface area contributed by atoms with Crippen LogP contribution in [0.2, 0.25) is 0 Å². The van der Waals surface area contributed by atoms with Crippen molar-refractivity contribution < 1.29 is 14.3 Å². The monoisotopic (exact) mass is 325 g/mol. The fraction of sp³-hybridized carbons (Fsp3) is 0.882. The third kappa shape index (κ3) is 5.68. The molecule has 2 rings (SSSR count). The van der Waals surface area contributed by atoms with Crippen LogP contribution in [-0.2, 0) is 9.53 Å². The van der Waals surface area contributed by atoms with Gasteiger partial charge in [0.05, 0.1) is 6.10 Å². The first kappa shape index (κ1) is 18.0. The Morgan fingerprint density at radius 3 is 2.35 bits per heavy atom. The third-order valence-electron chi connectivity index (χ3n) is 4.60. The number of hydrogen-bond acceptors (Lipinski definition) is 3. The van der Waals surface area contributed by atoms with E-state index in [1.54, 1.807) is 0 Å². The van der Waals surface area contributed by atoms with Gasteiger partial charge in [-0.05, 0) is 46.0 Å².